The number of fused-ring (bicyclic) bond motifs is 23. The minimum absolute atomic E-state index is 0. The second-order valence-corrected chi connectivity index (χ2v) is 39.3. The van der Waals surface area contributed by atoms with Crippen LogP contribution in [0.5, 0.6) is 0 Å². The molecule has 0 fully saturated rings. The molecule has 0 heterocycles. The monoisotopic (exact) mass is 1890 g/mol. The van der Waals surface area contributed by atoms with Gasteiger partial charge in [-0.1, -0.05) is 532 Å². The fourth-order valence-corrected chi connectivity index (χ4v) is 22.0. The molecule has 0 aliphatic heterocycles. The first-order chi connectivity index (χ1) is 71.3. The van der Waals surface area contributed by atoms with Crippen LogP contribution in [0.25, 0.3) is 100 Å². The topological polar surface area (TPSA) is 0 Å². The molecule has 11 aliphatic rings. The van der Waals surface area contributed by atoms with Gasteiger partial charge in [-0.2, -0.15) is 0 Å². The highest BCUT2D eigenvalue weighted by Gasteiger charge is 2.22. The van der Waals surface area contributed by atoms with E-state index >= 15 is 0 Å². The smallest absolute Gasteiger partial charge is 0.0166 e. The van der Waals surface area contributed by atoms with Gasteiger partial charge in [-0.15, -0.1) is 0 Å². The highest BCUT2D eigenvalue weighted by atomic mass is 14.3. The molecule has 0 heteroatoms. The molecule has 0 amide bonds. The van der Waals surface area contributed by atoms with Gasteiger partial charge in [-0.05, 0) is 337 Å². The van der Waals surface area contributed by atoms with Crippen LogP contribution in [0.3, 0.4) is 0 Å². The Morgan fingerprint density at radius 2 is 0.466 bits per heavy atom. The average Bonchev–Trinajstić information content (AvgIpc) is 1.24. The van der Waals surface area contributed by atoms with Gasteiger partial charge >= 0.3 is 0 Å². The van der Waals surface area contributed by atoms with Crippen molar-refractivity contribution in [2.75, 3.05) is 0 Å². The maximum atomic E-state index is 2.48. The summed E-state index contributed by atoms with van der Waals surface area (Å²) in [6, 6.07) is 156. The number of hydrogen-bond donors (Lipinski definition) is 0. The first kappa shape index (κ1) is 100. The molecule has 146 heavy (non-hydrogen) atoms. The van der Waals surface area contributed by atoms with Crippen LogP contribution < -0.4 is 0 Å². The van der Waals surface area contributed by atoms with Crippen LogP contribution in [0.15, 0.2) is 485 Å². The molecule has 0 aromatic heterocycles. The molecule has 0 bridgehead atoms. The van der Waals surface area contributed by atoms with E-state index in [1.54, 1.807) is 27.8 Å². The summed E-state index contributed by atoms with van der Waals surface area (Å²) in [6.45, 7) is 4.25. The van der Waals surface area contributed by atoms with Crippen LogP contribution in [0.2, 0.25) is 0 Å². The second kappa shape index (κ2) is 49.9. The Bertz CT molecular complexity index is 7470. The minimum atomic E-state index is 0. The van der Waals surface area contributed by atoms with Gasteiger partial charge in [0.25, 0.3) is 0 Å². The highest BCUT2D eigenvalue weighted by Crippen LogP contribution is 2.39. The first-order valence-corrected chi connectivity index (χ1v) is 52.6. The van der Waals surface area contributed by atoms with Crippen LogP contribution in [0.1, 0.15) is 188 Å². The van der Waals surface area contributed by atoms with Crippen molar-refractivity contribution >= 4 is 78.2 Å². The Hall–Kier alpha value is -15.9. The minimum Gasteiger partial charge on any atom is -0.0835 e. The van der Waals surface area contributed by atoms with E-state index in [1.165, 1.54) is 264 Å². The molecule has 1 atom stereocenters. The summed E-state index contributed by atoms with van der Waals surface area (Å²) in [5.74, 6) is 0.676. The van der Waals surface area contributed by atoms with Crippen LogP contribution in [-0.4, -0.2) is 0 Å². The van der Waals surface area contributed by atoms with E-state index in [0.717, 1.165) is 44.9 Å². The van der Waals surface area contributed by atoms with Crippen molar-refractivity contribution in [3.63, 3.8) is 0 Å². The van der Waals surface area contributed by atoms with Gasteiger partial charge in [0, 0.05) is 5.92 Å². The van der Waals surface area contributed by atoms with Crippen molar-refractivity contribution in [3.05, 3.63) is 618 Å². The largest absolute Gasteiger partial charge is 0.0835 e. The number of allylic oxidation sites excluding steroid dienone is 8. The molecule has 0 spiro atoms. The van der Waals surface area contributed by atoms with Crippen molar-refractivity contribution in [3.8, 4) is 22.3 Å². The van der Waals surface area contributed by atoms with Crippen molar-refractivity contribution in [2.45, 2.75) is 151 Å². The van der Waals surface area contributed by atoms with E-state index in [2.05, 4.69) is 517 Å². The standard InChI is InChI=1S/C15H14.C15H12.C14H12.C14H10.C14H12.C14H10.C13H10.C12H14.C12H10.C10H8.C8H8.C3H8.2CH4/c2*1-3-7-14-11-15-8-4-2-6-13(15)10-9-12(14)5-1;2*1-3-7-13-11(5-1)9-10-12-6-2-4-8-14(12)13;2*1-2-6-12-10-14-8-4-3-7-13(14)9-11(12)5-1;1-3-7-12-10(5-1)9-11-6-2-4-8-13(11)12;2*1-3-9-7-11-5-2-6-12(11)8-10(9)4-1;1-2-6-10-8-4-3-7-9(10)5-1;1-3-7-5-2-6-8(7)4-1;1-3-2;;/h1-8H,9-11H2;1-10H,11H2;1-8H,9-10H2;1-10H;1-8H,9-10H2;1-10H;1-8H,9H2;7-8H,1-6H2;1-3,6-8H,4-5H2;1-8H;1-5,7H,6H2;3H2,1-2H3;2*1H4. The maximum Gasteiger partial charge on any atom is 0.0166 e. The van der Waals surface area contributed by atoms with Crippen LogP contribution in [-0.2, 0) is 96.3 Å². The number of hydrogen-bond acceptors (Lipinski definition) is 0. The summed E-state index contributed by atoms with van der Waals surface area (Å²) in [5, 5.41) is 13.2. The number of rotatable bonds is 0. The quantitative estimate of drug-likeness (QED) is 0.0806. The van der Waals surface area contributed by atoms with Crippen LogP contribution >= 0.6 is 0 Å². The molecule has 20 aromatic carbocycles. The van der Waals surface area contributed by atoms with E-state index in [0.29, 0.717) is 5.92 Å². The SMILES string of the molecule is C.C.C1=CC2C=CCC2=C1.C1=Cc2cc3c(cc2C1)C=CC3.C1=Cc2ccccc2Cc2ccccc21.CCC.c1c2c(cc3c1CCC3)CCC2.c1ccc2c(c1)CCc1ccccc1-2.c1ccc2c(c1)CCc1ccccc1C2.c1ccc2c(c1)Cc1ccccc1-2.c1ccc2c(c1)Cc1ccccc1C2.c1ccc2c(c1)ccc1ccccc12.c1ccc2cc3ccccc3cc2c1.c1ccc2ccccc2c1. The van der Waals surface area contributed by atoms with Crippen molar-refractivity contribution in [1.82, 2.24) is 0 Å². The van der Waals surface area contributed by atoms with Crippen molar-refractivity contribution in [1.29, 1.82) is 0 Å². The fraction of sp³-hybridized carbons (Fsp3) is 0.164. The maximum absolute atomic E-state index is 2.48. The van der Waals surface area contributed by atoms with Gasteiger partial charge in [-0.3, -0.25) is 0 Å². The Balaban J connectivity index is 0.000000105. The summed E-state index contributed by atoms with van der Waals surface area (Å²) < 4.78 is 0. The zero-order valence-corrected chi connectivity index (χ0v) is 83.4. The lowest BCUT2D eigenvalue weighted by molar-refractivity contribution is 0.897. The van der Waals surface area contributed by atoms with Crippen LogP contribution in [0.4, 0.5) is 0 Å². The second-order valence-electron chi connectivity index (χ2n) is 39.3. The molecular formula is C146H136. The molecule has 20 aromatic rings. The zero-order chi connectivity index (χ0) is 97.2. The Kier molecular flexibility index (Phi) is 34.3. The summed E-state index contributed by atoms with van der Waals surface area (Å²) in [5.41, 5.74) is 43.1. The number of benzene rings is 20. The summed E-state index contributed by atoms with van der Waals surface area (Å²) in [4.78, 5) is 0. The van der Waals surface area contributed by atoms with Crippen LogP contribution in [0, 0.1) is 5.92 Å². The molecule has 0 nitrogen and oxygen atoms in total. The lowest BCUT2D eigenvalue weighted by Crippen LogP contribution is -2.06. The molecular weight excluding hydrogens is 1750 g/mol. The first-order valence-electron chi connectivity index (χ1n) is 52.6. The van der Waals surface area contributed by atoms with Gasteiger partial charge < -0.3 is 0 Å². The lowest BCUT2D eigenvalue weighted by atomic mass is 9.86. The third-order valence-electron chi connectivity index (χ3n) is 29.6. The average molecular weight is 1890 g/mol. The normalized spacial score (nSPS) is 13.9. The van der Waals surface area contributed by atoms with Gasteiger partial charge in [0.15, 0.2) is 0 Å². The van der Waals surface area contributed by atoms with E-state index in [-0.39, 0.29) is 14.9 Å². The zero-order valence-electron chi connectivity index (χ0n) is 83.4. The summed E-state index contributed by atoms with van der Waals surface area (Å²) >= 11 is 0. The summed E-state index contributed by atoms with van der Waals surface area (Å²) in [6.07, 6.45) is 47.4. The number of aryl methyl sites for hydroxylation is 8. The van der Waals surface area contributed by atoms with Gasteiger partial charge in [0.2, 0.25) is 0 Å². The summed E-state index contributed by atoms with van der Waals surface area (Å²) in [7, 11) is 0. The molecule has 0 saturated heterocycles. The third kappa shape index (κ3) is 24.9. The van der Waals surface area contributed by atoms with Gasteiger partial charge in [0.05, 0.1) is 0 Å². The third-order valence-corrected chi connectivity index (χ3v) is 29.6. The fourth-order valence-electron chi connectivity index (χ4n) is 22.0. The molecule has 1 unspecified atom stereocenters. The molecule has 0 N–H and O–H groups in total. The van der Waals surface area contributed by atoms with Crippen molar-refractivity contribution < 1.29 is 0 Å². The van der Waals surface area contributed by atoms with Gasteiger partial charge in [-0.25, -0.2) is 0 Å². The van der Waals surface area contributed by atoms with E-state index in [9.17, 15) is 0 Å². The molecule has 31 rings (SSSR count). The molecule has 0 radical (unpaired) electrons. The predicted octanol–water partition coefficient (Wildman–Crippen LogP) is 38.1. The Morgan fingerprint density at radius 3 is 0.836 bits per heavy atom. The molecule has 0 saturated carbocycles. The predicted molar refractivity (Wildman–Crippen MR) is 633 cm³/mol. The molecule has 720 valence electrons. The Morgan fingerprint density at radius 1 is 0.192 bits per heavy atom. The van der Waals surface area contributed by atoms with E-state index in [1.807, 2.05) is 0 Å². The highest BCUT2D eigenvalue weighted by molar-refractivity contribution is 6.07. The van der Waals surface area contributed by atoms with Gasteiger partial charge in [0.1, 0.15) is 0 Å². The Labute approximate surface area is 869 Å². The van der Waals surface area contributed by atoms with E-state index in [4.69, 9.17) is 0 Å². The molecule has 11 aliphatic carbocycles. The van der Waals surface area contributed by atoms with Crippen molar-refractivity contribution in [2.24, 2.45) is 5.92 Å². The lowest BCUT2D eigenvalue weighted by Gasteiger charge is -2.19. The van der Waals surface area contributed by atoms with E-state index < -0.39 is 0 Å².